The fourth-order valence-corrected chi connectivity index (χ4v) is 2.86. The zero-order valence-corrected chi connectivity index (χ0v) is 11.9. The Kier molecular flexibility index (Phi) is 4.13. The lowest BCUT2D eigenvalue weighted by Crippen LogP contribution is -2.24. The van der Waals surface area contributed by atoms with E-state index in [2.05, 4.69) is 30.7 Å². The Balaban J connectivity index is 2.10. The van der Waals surface area contributed by atoms with E-state index in [9.17, 15) is 0 Å². The highest BCUT2D eigenvalue weighted by molar-refractivity contribution is 5.28. The maximum absolute atomic E-state index is 6.17. The van der Waals surface area contributed by atoms with Gasteiger partial charge in [0.2, 0.25) is 0 Å². The number of hydrogen-bond acceptors (Lipinski definition) is 2. The van der Waals surface area contributed by atoms with E-state index >= 15 is 0 Å². The van der Waals surface area contributed by atoms with E-state index in [-0.39, 0.29) is 11.5 Å². The highest BCUT2D eigenvalue weighted by Gasteiger charge is 2.24. The van der Waals surface area contributed by atoms with Crippen molar-refractivity contribution in [1.29, 1.82) is 0 Å². The fourth-order valence-electron chi connectivity index (χ4n) is 2.86. The molecule has 0 fully saturated rings. The van der Waals surface area contributed by atoms with E-state index < -0.39 is 0 Å². The van der Waals surface area contributed by atoms with E-state index in [4.69, 9.17) is 10.5 Å². The van der Waals surface area contributed by atoms with Crippen molar-refractivity contribution in [3.05, 3.63) is 23.5 Å². The zero-order valence-electron chi connectivity index (χ0n) is 11.9. The van der Waals surface area contributed by atoms with Gasteiger partial charge in [0.25, 0.3) is 0 Å². The second-order valence-electron chi connectivity index (χ2n) is 6.25. The molecule has 1 aliphatic carbocycles. The molecule has 2 rings (SSSR count). The first-order valence-corrected chi connectivity index (χ1v) is 6.96. The molecule has 18 heavy (non-hydrogen) atoms. The van der Waals surface area contributed by atoms with Gasteiger partial charge in [0.05, 0.1) is 0 Å². The predicted molar refractivity (Wildman–Crippen MR) is 74.6 cm³/mol. The van der Waals surface area contributed by atoms with Crippen molar-refractivity contribution in [3.63, 3.8) is 0 Å². The van der Waals surface area contributed by atoms with Gasteiger partial charge >= 0.3 is 0 Å². The Morgan fingerprint density at radius 2 is 2.28 bits per heavy atom. The second kappa shape index (κ2) is 5.45. The first-order valence-electron chi connectivity index (χ1n) is 6.96. The van der Waals surface area contributed by atoms with Crippen molar-refractivity contribution < 1.29 is 4.74 Å². The first kappa shape index (κ1) is 13.6. The number of nitrogens with two attached hydrogens (primary N) is 1. The van der Waals surface area contributed by atoms with Crippen LogP contribution in [0.25, 0.3) is 0 Å². The standard InChI is InChI=1S/C15H26N2O/c1-15(2,8-10-18-3)11-17-9-7-12-13(16)5-4-6-14(12)17/h7,9,13H,4-6,8,10-11,16H2,1-3H3. The van der Waals surface area contributed by atoms with Gasteiger partial charge in [0.15, 0.2) is 0 Å². The molecule has 0 amide bonds. The molecule has 1 unspecified atom stereocenters. The van der Waals surface area contributed by atoms with E-state index in [0.717, 1.165) is 26.0 Å². The Morgan fingerprint density at radius 1 is 1.50 bits per heavy atom. The third-order valence-electron chi connectivity index (χ3n) is 4.02. The molecule has 1 aliphatic rings. The Morgan fingerprint density at radius 3 is 3.00 bits per heavy atom. The molecular weight excluding hydrogens is 224 g/mol. The summed E-state index contributed by atoms with van der Waals surface area (Å²) in [6.07, 6.45) is 6.82. The third-order valence-corrected chi connectivity index (χ3v) is 4.02. The molecule has 1 atom stereocenters. The fraction of sp³-hybridized carbons (Fsp3) is 0.733. The average Bonchev–Trinajstić information content (AvgIpc) is 2.71. The molecule has 0 bridgehead atoms. The van der Waals surface area contributed by atoms with Gasteiger partial charge in [-0.15, -0.1) is 0 Å². The lowest BCUT2D eigenvalue weighted by Gasteiger charge is -2.28. The van der Waals surface area contributed by atoms with Gasteiger partial charge in [-0.05, 0) is 42.7 Å². The number of fused-ring (bicyclic) bond motifs is 1. The maximum Gasteiger partial charge on any atom is 0.0468 e. The van der Waals surface area contributed by atoms with Crippen molar-refractivity contribution >= 4 is 0 Å². The molecule has 0 saturated carbocycles. The molecule has 1 heterocycles. The highest BCUT2D eigenvalue weighted by atomic mass is 16.5. The van der Waals surface area contributed by atoms with Crippen LogP contribution in [0.4, 0.5) is 0 Å². The Bertz CT molecular complexity index is 395. The number of hydrogen-bond donors (Lipinski definition) is 1. The highest BCUT2D eigenvalue weighted by Crippen LogP contribution is 2.31. The molecule has 0 aliphatic heterocycles. The van der Waals surface area contributed by atoms with Crippen molar-refractivity contribution in [1.82, 2.24) is 4.57 Å². The number of aromatic nitrogens is 1. The average molecular weight is 250 g/mol. The monoisotopic (exact) mass is 250 g/mol. The van der Waals surface area contributed by atoms with Crippen molar-refractivity contribution in [3.8, 4) is 0 Å². The van der Waals surface area contributed by atoms with Crippen molar-refractivity contribution in [2.24, 2.45) is 11.1 Å². The molecule has 1 aromatic heterocycles. The van der Waals surface area contributed by atoms with Crippen LogP contribution >= 0.6 is 0 Å². The van der Waals surface area contributed by atoms with Crippen LogP contribution < -0.4 is 5.73 Å². The summed E-state index contributed by atoms with van der Waals surface area (Å²) in [5, 5.41) is 0. The lowest BCUT2D eigenvalue weighted by atomic mass is 9.89. The van der Waals surface area contributed by atoms with Gasteiger partial charge in [-0.25, -0.2) is 0 Å². The summed E-state index contributed by atoms with van der Waals surface area (Å²) >= 11 is 0. The molecule has 2 N–H and O–H groups in total. The maximum atomic E-state index is 6.17. The van der Waals surface area contributed by atoms with Gasteiger partial charge < -0.3 is 15.0 Å². The molecule has 3 heteroatoms. The lowest BCUT2D eigenvalue weighted by molar-refractivity contribution is 0.142. The summed E-state index contributed by atoms with van der Waals surface area (Å²) in [6.45, 7) is 6.50. The van der Waals surface area contributed by atoms with E-state index in [0.29, 0.717) is 0 Å². The van der Waals surface area contributed by atoms with E-state index in [1.807, 2.05) is 0 Å². The molecule has 0 spiro atoms. The van der Waals surface area contributed by atoms with Crippen LogP contribution in [0.1, 0.15) is 50.4 Å². The summed E-state index contributed by atoms with van der Waals surface area (Å²) in [6, 6.07) is 2.46. The first-order chi connectivity index (χ1) is 8.53. The van der Waals surface area contributed by atoms with Crippen LogP contribution in [0, 0.1) is 5.41 Å². The van der Waals surface area contributed by atoms with Crippen LogP contribution in [-0.2, 0) is 17.7 Å². The molecule has 0 radical (unpaired) electrons. The number of rotatable bonds is 5. The van der Waals surface area contributed by atoms with Gasteiger partial charge in [0, 0.05) is 38.2 Å². The molecular formula is C15H26N2O. The summed E-state index contributed by atoms with van der Waals surface area (Å²) in [4.78, 5) is 0. The van der Waals surface area contributed by atoms with Crippen LogP contribution in [0.3, 0.4) is 0 Å². The number of nitrogens with zero attached hydrogens (tertiary/aromatic N) is 1. The van der Waals surface area contributed by atoms with Gasteiger partial charge in [-0.3, -0.25) is 0 Å². The SMILES string of the molecule is COCCC(C)(C)Cn1ccc2c1CCCC2N. The summed E-state index contributed by atoms with van der Waals surface area (Å²) in [5.41, 5.74) is 9.26. The van der Waals surface area contributed by atoms with Gasteiger partial charge in [0.1, 0.15) is 0 Å². The van der Waals surface area contributed by atoms with Gasteiger partial charge in [-0.2, -0.15) is 0 Å². The minimum atomic E-state index is 0.247. The van der Waals surface area contributed by atoms with Crippen LogP contribution in [0.5, 0.6) is 0 Å². The minimum Gasteiger partial charge on any atom is -0.385 e. The van der Waals surface area contributed by atoms with Gasteiger partial charge in [-0.1, -0.05) is 13.8 Å². The van der Waals surface area contributed by atoms with Crippen LogP contribution in [0.15, 0.2) is 12.3 Å². The topological polar surface area (TPSA) is 40.2 Å². The minimum absolute atomic E-state index is 0.247. The Labute approximate surface area is 110 Å². The smallest absolute Gasteiger partial charge is 0.0468 e. The molecule has 102 valence electrons. The third kappa shape index (κ3) is 2.96. The van der Waals surface area contributed by atoms with Crippen molar-refractivity contribution in [2.75, 3.05) is 13.7 Å². The van der Waals surface area contributed by atoms with E-state index in [1.165, 1.54) is 24.1 Å². The quantitative estimate of drug-likeness (QED) is 0.873. The molecule has 1 aromatic rings. The second-order valence-corrected chi connectivity index (χ2v) is 6.25. The molecule has 3 nitrogen and oxygen atoms in total. The number of ether oxygens (including phenoxy) is 1. The zero-order chi connectivity index (χ0) is 13.2. The summed E-state index contributed by atoms with van der Waals surface area (Å²) < 4.78 is 7.60. The van der Waals surface area contributed by atoms with Crippen LogP contribution in [0.2, 0.25) is 0 Å². The largest absolute Gasteiger partial charge is 0.385 e. The summed E-state index contributed by atoms with van der Waals surface area (Å²) in [7, 11) is 1.77. The number of methoxy groups -OCH3 is 1. The van der Waals surface area contributed by atoms with E-state index in [1.54, 1.807) is 7.11 Å². The summed E-state index contributed by atoms with van der Waals surface area (Å²) in [5.74, 6) is 0. The molecule has 0 aromatic carbocycles. The predicted octanol–water partition coefficient (Wildman–Crippen LogP) is 2.89. The van der Waals surface area contributed by atoms with Crippen molar-refractivity contribution in [2.45, 2.75) is 52.1 Å². The Hall–Kier alpha value is -0.800. The molecule has 0 saturated heterocycles. The van der Waals surface area contributed by atoms with Crippen LogP contribution in [-0.4, -0.2) is 18.3 Å². The normalized spacial score (nSPS) is 19.9.